The Morgan fingerprint density at radius 1 is 1.44 bits per heavy atom. The molecule has 0 spiro atoms. The fraction of sp³-hybridized carbons (Fsp3) is 0.250. The Balaban J connectivity index is 1.93. The molecule has 0 amide bonds. The van der Waals surface area contributed by atoms with E-state index in [1.54, 1.807) is 18.5 Å². The first-order chi connectivity index (χ1) is 7.75. The van der Waals surface area contributed by atoms with Gasteiger partial charge in [0.05, 0.1) is 12.8 Å². The van der Waals surface area contributed by atoms with Crippen LogP contribution in [0.3, 0.4) is 0 Å². The van der Waals surface area contributed by atoms with E-state index in [1.165, 1.54) is 0 Å². The minimum atomic E-state index is 0.217. The molecule has 0 aliphatic rings. The molecule has 4 heteroatoms. The molecule has 0 bridgehead atoms. The maximum Gasteiger partial charge on any atom is 0.129 e. The van der Waals surface area contributed by atoms with Crippen LogP contribution in [0.5, 0.6) is 0 Å². The number of rotatable bonds is 4. The zero-order valence-corrected chi connectivity index (χ0v) is 9.74. The zero-order valence-electron chi connectivity index (χ0n) is 8.98. The molecule has 0 aliphatic carbocycles. The van der Waals surface area contributed by atoms with Gasteiger partial charge in [-0.3, -0.25) is 0 Å². The van der Waals surface area contributed by atoms with Crippen LogP contribution in [0, 0.1) is 0 Å². The highest BCUT2D eigenvalue weighted by Gasteiger charge is 2.05. The second-order valence-corrected chi connectivity index (χ2v) is 3.98. The molecule has 0 saturated carbocycles. The summed E-state index contributed by atoms with van der Waals surface area (Å²) in [7, 11) is 0. The third kappa shape index (κ3) is 2.84. The van der Waals surface area contributed by atoms with Crippen molar-refractivity contribution < 1.29 is 4.42 Å². The molecule has 2 rings (SSSR count). The molecule has 0 radical (unpaired) electrons. The molecule has 0 fully saturated rings. The monoisotopic (exact) mass is 236 g/mol. The number of furan rings is 1. The number of hydrogen-bond donors (Lipinski definition) is 1. The van der Waals surface area contributed by atoms with Gasteiger partial charge in [-0.15, -0.1) is 0 Å². The van der Waals surface area contributed by atoms with Crippen molar-refractivity contribution in [2.24, 2.45) is 0 Å². The number of halogens is 1. The Morgan fingerprint density at radius 3 is 2.94 bits per heavy atom. The van der Waals surface area contributed by atoms with E-state index in [1.807, 2.05) is 18.2 Å². The lowest BCUT2D eigenvalue weighted by Crippen LogP contribution is -2.17. The zero-order chi connectivity index (χ0) is 11.4. The molecule has 0 saturated heterocycles. The molecule has 3 nitrogen and oxygen atoms in total. The molecule has 1 atom stereocenters. The molecule has 0 aromatic carbocycles. The van der Waals surface area contributed by atoms with Crippen LogP contribution < -0.4 is 5.32 Å². The van der Waals surface area contributed by atoms with Crippen molar-refractivity contribution >= 4 is 11.6 Å². The van der Waals surface area contributed by atoms with Crippen molar-refractivity contribution in [3.05, 3.63) is 53.2 Å². The molecule has 1 unspecified atom stereocenters. The van der Waals surface area contributed by atoms with Gasteiger partial charge in [0.2, 0.25) is 0 Å². The second kappa shape index (κ2) is 5.14. The third-order valence-electron chi connectivity index (χ3n) is 2.41. The Kier molecular flexibility index (Phi) is 3.59. The molecular weight excluding hydrogens is 224 g/mol. The van der Waals surface area contributed by atoms with Gasteiger partial charge in [0.1, 0.15) is 10.9 Å². The highest BCUT2D eigenvalue weighted by molar-refractivity contribution is 6.29. The summed E-state index contributed by atoms with van der Waals surface area (Å²) < 4.78 is 5.24. The normalized spacial score (nSPS) is 12.6. The summed E-state index contributed by atoms with van der Waals surface area (Å²) in [6, 6.07) is 7.80. The van der Waals surface area contributed by atoms with E-state index in [0.29, 0.717) is 11.7 Å². The number of nitrogens with zero attached hydrogens (tertiary/aromatic N) is 1. The number of aromatic nitrogens is 1. The van der Waals surface area contributed by atoms with Crippen molar-refractivity contribution in [3.8, 4) is 0 Å². The summed E-state index contributed by atoms with van der Waals surface area (Å²) in [5.41, 5.74) is 1.11. The molecule has 2 heterocycles. The van der Waals surface area contributed by atoms with Crippen LogP contribution in [0.4, 0.5) is 0 Å². The van der Waals surface area contributed by atoms with Gasteiger partial charge in [-0.05, 0) is 30.7 Å². The Labute approximate surface area is 99.5 Å². The van der Waals surface area contributed by atoms with Gasteiger partial charge in [-0.25, -0.2) is 4.98 Å². The van der Waals surface area contributed by atoms with E-state index in [4.69, 9.17) is 16.0 Å². The molecule has 16 heavy (non-hydrogen) atoms. The maximum atomic E-state index is 5.73. The third-order valence-corrected chi connectivity index (χ3v) is 2.64. The molecule has 1 N–H and O–H groups in total. The average molecular weight is 237 g/mol. The summed E-state index contributed by atoms with van der Waals surface area (Å²) in [4.78, 5) is 4.05. The van der Waals surface area contributed by atoms with E-state index in [2.05, 4.69) is 17.2 Å². The second-order valence-electron chi connectivity index (χ2n) is 3.60. The van der Waals surface area contributed by atoms with E-state index in [9.17, 15) is 0 Å². The lowest BCUT2D eigenvalue weighted by atomic mass is 10.1. The van der Waals surface area contributed by atoms with Crippen LogP contribution in [0.25, 0.3) is 0 Å². The largest absolute Gasteiger partial charge is 0.468 e. The van der Waals surface area contributed by atoms with E-state index < -0.39 is 0 Å². The Hall–Kier alpha value is -1.32. The van der Waals surface area contributed by atoms with Gasteiger partial charge in [0.15, 0.2) is 0 Å². The predicted molar refractivity (Wildman–Crippen MR) is 63.2 cm³/mol. The molecular formula is C12H13ClN2O. The van der Waals surface area contributed by atoms with Crippen LogP contribution in [0.1, 0.15) is 24.3 Å². The Morgan fingerprint density at radius 2 is 2.31 bits per heavy atom. The lowest BCUT2D eigenvalue weighted by Gasteiger charge is -2.12. The first-order valence-electron chi connectivity index (χ1n) is 5.13. The van der Waals surface area contributed by atoms with Crippen LogP contribution in [0.15, 0.2) is 41.1 Å². The van der Waals surface area contributed by atoms with Crippen molar-refractivity contribution in [1.82, 2.24) is 10.3 Å². The van der Waals surface area contributed by atoms with Crippen molar-refractivity contribution in [2.45, 2.75) is 19.5 Å². The van der Waals surface area contributed by atoms with Crippen LogP contribution >= 0.6 is 11.6 Å². The lowest BCUT2D eigenvalue weighted by molar-refractivity contribution is 0.460. The number of hydrogen-bond acceptors (Lipinski definition) is 3. The van der Waals surface area contributed by atoms with Crippen LogP contribution in [-0.4, -0.2) is 4.98 Å². The highest BCUT2D eigenvalue weighted by atomic mass is 35.5. The Bertz CT molecular complexity index is 425. The van der Waals surface area contributed by atoms with Gasteiger partial charge in [-0.2, -0.15) is 0 Å². The van der Waals surface area contributed by atoms with Gasteiger partial charge >= 0.3 is 0 Å². The fourth-order valence-electron chi connectivity index (χ4n) is 1.43. The topological polar surface area (TPSA) is 38.1 Å². The maximum absolute atomic E-state index is 5.73. The SMILES string of the molecule is CC(NCc1ccco1)c1ccc(Cl)nc1. The fourth-order valence-corrected chi connectivity index (χ4v) is 1.54. The summed E-state index contributed by atoms with van der Waals surface area (Å²) in [5, 5.41) is 3.86. The van der Waals surface area contributed by atoms with Crippen LogP contribution in [-0.2, 0) is 6.54 Å². The van der Waals surface area contributed by atoms with Gasteiger partial charge in [-0.1, -0.05) is 17.7 Å². The van der Waals surface area contributed by atoms with E-state index in [-0.39, 0.29) is 6.04 Å². The minimum absolute atomic E-state index is 0.217. The average Bonchev–Trinajstić information content (AvgIpc) is 2.80. The standard InChI is InChI=1S/C12H13ClN2O/c1-9(10-4-5-12(13)15-7-10)14-8-11-3-2-6-16-11/h2-7,9,14H,8H2,1H3. The first kappa shape index (κ1) is 11.2. The molecule has 2 aromatic heterocycles. The predicted octanol–water partition coefficient (Wildman–Crippen LogP) is 3.18. The molecule has 2 aromatic rings. The van der Waals surface area contributed by atoms with Crippen LogP contribution in [0.2, 0.25) is 5.15 Å². The highest BCUT2D eigenvalue weighted by Crippen LogP contribution is 2.14. The smallest absolute Gasteiger partial charge is 0.129 e. The molecule has 0 aliphatic heterocycles. The van der Waals surface area contributed by atoms with Crippen molar-refractivity contribution in [3.63, 3.8) is 0 Å². The van der Waals surface area contributed by atoms with Gasteiger partial charge in [0, 0.05) is 12.2 Å². The van der Waals surface area contributed by atoms with Crippen molar-refractivity contribution in [2.75, 3.05) is 0 Å². The van der Waals surface area contributed by atoms with E-state index >= 15 is 0 Å². The number of pyridine rings is 1. The number of nitrogens with one attached hydrogen (secondary N) is 1. The summed E-state index contributed by atoms with van der Waals surface area (Å²) in [6.45, 7) is 2.78. The van der Waals surface area contributed by atoms with Crippen molar-refractivity contribution in [1.29, 1.82) is 0 Å². The quantitative estimate of drug-likeness (QED) is 0.829. The van der Waals surface area contributed by atoms with Gasteiger partial charge in [0.25, 0.3) is 0 Å². The van der Waals surface area contributed by atoms with Gasteiger partial charge < -0.3 is 9.73 Å². The van der Waals surface area contributed by atoms with E-state index in [0.717, 1.165) is 11.3 Å². The summed E-state index contributed by atoms with van der Waals surface area (Å²) >= 11 is 5.73. The summed E-state index contributed by atoms with van der Waals surface area (Å²) in [6.07, 6.45) is 3.45. The summed E-state index contributed by atoms with van der Waals surface area (Å²) in [5.74, 6) is 0.925. The molecule has 84 valence electrons. The minimum Gasteiger partial charge on any atom is -0.468 e. The first-order valence-corrected chi connectivity index (χ1v) is 5.51.